The Labute approximate surface area is 108 Å². The average Bonchev–Trinajstić information content (AvgIpc) is 2.58. The molecule has 0 spiro atoms. The third-order valence-electron chi connectivity index (χ3n) is 2.80. The average molecular weight is 244 g/mol. The molecule has 0 amide bonds. The fourth-order valence-electron chi connectivity index (χ4n) is 1.97. The highest BCUT2D eigenvalue weighted by atomic mass is 15.3. The highest BCUT2D eigenvalue weighted by Crippen LogP contribution is 2.12. The van der Waals surface area contributed by atoms with E-state index in [0.29, 0.717) is 5.92 Å². The normalized spacial score (nSPS) is 11.1. The molecule has 0 bridgehead atoms. The highest BCUT2D eigenvalue weighted by molar-refractivity contribution is 5.41. The molecule has 0 aliphatic carbocycles. The van der Waals surface area contributed by atoms with E-state index < -0.39 is 0 Å². The van der Waals surface area contributed by atoms with Crippen LogP contribution in [-0.4, -0.2) is 14.8 Å². The van der Waals surface area contributed by atoms with Crippen LogP contribution in [0, 0.1) is 5.92 Å². The van der Waals surface area contributed by atoms with Crippen LogP contribution in [-0.2, 0) is 19.9 Å². The Morgan fingerprint density at radius 2 is 2.11 bits per heavy atom. The predicted molar refractivity (Wildman–Crippen MR) is 73.2 cm³/mol. The van der Waals surface area contributed by atoms with Crippen LogP contribution >= 0.6 is 0 Å². The van der Waals surface area contributed by atoms with Crippen molar-refractivity contribution in [2.24, 2.45) is 13.0 Å². The minimum atomic E-state index is 0.576. The Morgan fingerprint density at radius 3 is 2.78 bits per heavy atom. The van der Waals surface area contributed by atoms with Crippen LogP contribution in [0.3, 0.4) is 0 Å². The maximum atomic E-state index is 5.78. The number of benzene rings is 1. The molecule has 2 aromatic rings. The third-order valence-corrected chi connectivity index (χ3v) is 2.80. The Hall–Kier alpha value is -1.84. The van der Waals surface area contributed by atoms with E-state index >= 15 is 0 Å². The lowest BCUT2D eigenvalue weighted by molar-refractivity contribution is 0.612. The zero-order valence-electron chi connectivity index (χ0n) is 11.2. The minimum absolute atomic E-state index is 0.576. The summed E-state index contributed by atoms with van der Waals surface area (Å²) < 4.78 is 1.86. The van der Waals surface area contributed by atoms with Crippen molar-refractivity contribution >= 4 is 5.69 Å². The fraction of sp³-hybridized carbons (Fsp3) is 0.429. The fourth-order valence-corrected chi connectivity index (χ4v) is 1.97. The largest absolute Gasteiger partial charge is 0.399 e. The molecular formula is C14H20N4. The molecule has 0 aliphatic rings. The number of nitrogen functional groups attached to an aromatic ring is 1. The van der Waals surface area contributed by atoms with E-state index in [0.717, 1.165) is 30.2 Å². The topological polar surface area (TPSA) is 56.7 Å². The van der Waals surface area contributed by atoms with Crippen LogP contribution < -0.4 is 5.73 Å². The van der Waals surface area contributed by atoms with E-state index in [4.69, 9.17) is 5.73 Å². The molecule has 1 aromatic heterocycles. The number of hydrogen-bond acceptors (Lipinski definition) is 3. The van der Waals surface area contributed by atoms with Crippen molar-refractivity contribution in [3.05, 3.63) is 41.5 Å². The number of aromatic nitrogens is 3. The molecule has 0 fully saturated rings. The molecule has 2 rings (SSSR count). The van der Waals surface area contributed by atoms with Gasteiger partial charge in [-0.25, -0.2) is 4.98 Å². The van der Waals surface area contributed by atoms with E-state index in [-0.39, 0.29) is 0 Å². The van der Waals surface area contributed by atoms with Crippen molar-refractivity contribution in [3.63, 3.8) is 0 Å². The molecule has 0 atom stereocenters. The molecule has 0 saturated carbocycles. The van der Waals surface area contributed by atoms with E-state index in [1.54, 1.807) is 0 Å². The molecule has 2 N–H and O–H groups in total. The van der Waals surface area contributed by atoms with Gasteiger partial charge < -0.3 is 5.73 Å². The second-order valence-corrected chi connectivity index (χ2v) is 5.09. The minimum Gasteiger partial charge on any atom is -0.399 e. The number of anilines is 1. The van der Waals surface area contributed by atoms with Gasteiger partial charge >= 0.3 is 0 Å². The molecular weight excluding hydrogens is 224 g/mol. The van der Waals surface area contributed by atoms with Crippen molar-refractivity contribution in [3.8, 4) is 0 Å². The van der Waals surface area contributed by atoms with E-state index in [1.165, 1.54) is 5.56 Å². The zero-order chi connectivity index (χ0) is 13.1. The van der Waals surface area contributed by atoms with Gasteiger partial charge in [-0.3, -0.25) is 4.68 Å². The summed E-state index contributed by atoms with van der Waals surface area (Å²) in [6.45, 7) is 4.35. The number of nitrogens with zero attached hydrogens (tertiary/aromatic N) is 3. The summed E-state index contributed by atoms with van der Waals surface area (Å²) in [6, 6.07) is 7.91. The van der Waals surface area contributed by atoms with Gasteiger partial charge in [-0.15, -0.1) is 0 Å². The predicted octanol–water partition coefficient (Wildman–Crippen LogP) is 2.19. The highest BCUT2D eigenvalue weighted by Gasteiger charge is 2.09. The van der Waals surface area contributed by atoms with Gasteiger partial charge in [-0.1, -0.05) is 26.0 Å². The SMILES string of the molecule is CC(C)Cc1nc(Cc2cccc(N)c2)n(C)n1. The summed E-state index contributed by atoms with van der Waals surface area (Å²) in [6.07, 6.45) is 1.69. The Balaban J connectivity index is 2.16. The van der Waals surface area contributed by atoms with E-state index in [2.05, 4.69) is 30.0 Å². The molecule has 1 aromatic carbocycles. The monoisotopic (exact) mass is 244 g/mol. The lowest BCUT2D eigenvalue weighted by Gasteiger charge is -2.01. The van der Waals surface area contributed by atoms with E-state index in [1.807, 2.05) is 29.9 Å². The molecule has 0 radical (unpaired) electrons. The standard InChI is InChI=1S/C14H20N4/c1-10(2)7-13-16-14(18(3)17-13)9-11-5-4-6-12(15)8-11/h4-6,8,10H,7,9,15H2,1-3H3. The first kappa shape index (κ1) is 12.6. The number of aryl methyl sites for hydroxylation is 1. The lowest BCUT2D eigenvalue weighted by atomic mass is 10.1. The van der Waals surface area contributed by atoms with Gasteiger partial charge in [0.05, 0.1) is 0 Å². The summed E-state index contributed by atoms with van der Waals surface area (Å²) in [5.74, 6) is 2.48. The first-order chi connectivity index (χ1) is 8.54. The molecule has 4 nitrogen and oxygen atoms in total. The quantitative estimate of drug-likeness (QED) is 0.839. The second-order valence-electron chi connectivity index (χ2n) is 5.09. The summed E-state index contributed by atoms with van der Waals surface area (Å²) >= 11 is 0. The molecule has 4 heteroatoms. The van der Waals surface area contributed by atoms with Crippen LogP contribution in [0.2, 0.25) is 0 Å². The van der Waals surface area contributed by atoms with Crippen LogP contribution in [0.4, 0.5) is 5.69 Å². The number of hydrogen-bond donors (Lipinski definition) is 1. The summed E-state index contributed by atoms with van der Waals surface area (Å²) in [4.78, 5) is 4.59. The van der Waals surface area contributed by atoms with Gasteiger partial charge in [0, 0.05) is 25.6 Å². The van der Waals surface area contributed by atoms with Gasteiger partial charge in [0.2, 0.25) is 0 Å². The molecule has 18 heavy (non-hydrogen) atoms. The van der Waals surface area contributed by atoms with E-state index in [9.17, 15) is 0 Å². The van der Waals surface area contributed by atoms with Crippen molar-refractivity contribution in [1.82, 2.24) is 14.8 Å². The van der Waals surface area contributed by atoms with Gasteiger partial charge in [-0.2, -0.15) is 5.10 Å². The molecule has 0 aliphatic heterocycles. The van der Waals surface area contributed by atoms with Crippen molar-refractivity contribution < 1.29 is 0 Å². The van der Waals surface area contributed by atoms with Crippen LogP contribution in [0.5, 0.6) is 0 Å². The summed E-state index contributed by atoms with van der Waals surface area (Å²) in [5, 5.41) is 4.44. The first-order valence-corrected chi connectivity index (χ1v) is 6.28. The van der Waals surface area contributed by atoms with Crippen molar-refractivity contribution in [2.45, 2.75) is 26.7 Å². The first-order valence-electron chi connectivity index (χ1n) is 6.28. The van der Waals surface area contributed by atoms with Gasteiger partial charge in [0.15, 0.2) is 5.82 Å². The number of rotatable bonds is 4. The van der Waals surface area contributed by atoms with Gasteiger partial charge in [0.1, 0.15) is 5.82 Å². The lowest BCUT2D eigenvalue weighted by Crippen LogP contribution is -2.01. The van der Waals surface area contributed by atoms with Crippen LogP contribution in [0.1, 0.15) is 31.1 Å². The Morgan fingerprint density at radius 1 is 1.33 bits per heavy atom. The Bertz CT molecular complexity index is 528. The number of nitrogens with two attached hydrogens (primary N) is 1. The maximum absolute atomic E-state index is 5.78. The smallest absolute Gasteiger partial charge is 0.151 e. The van der Waals surface area contributed by atoms with Gasteiger partial charge in [0.25, 0.3) is 0 Å². The summed E-state index contributed by atoms with van der Waals surface area (Å²) in [7, 11) is 1.94. The Kier molecular flexibility index (Phi) is 3.65. The van der Waals surface area contributed by atoms with Crippen LogP contribution in [0.15, 0.2) is 24.3 Å². The second kappa shape index (κ2) is 5.21. The summed E-state index contributed by atoms with van der Waals surface area (Å²) in [5.41, 5.74) is 7.74. The third kappa shape index (κ3) is 3.09. The molecule has 1 heterocycles. The maximum Gasteiger partial charge on any atom is 0.151 e. The molecule has 96 valence electrons. The van der Waals surface area contributed by atoms with Crippen molar-refractivity contribution in [1.29, 1.82) is 0 Å². The van der Waals surface area contributed by atoms with Crippen molar-refractivity contribution in [2.75, 3.05) is 5.73 Å². The van der Waals surface area contributed by atoms with Crippen LogP contribution in [0.25, 0.3) is 0 Å². The van der Waals surface area contributed by atoms with Gasteiger partial charge in [-0.05, 0) is 23.6 Å². The molecule has 0 saturated heterocycles. The molecule has 0 unspecified atom stereocenters. The zero-order valence-corrected chi connectivity index (χ0v) is 11.2.